The van der Waals surface area contributed by atoms with Crippen LogP contribution in [0.4, 0.5) is 13.2 Å². The second-order valence-electron chi connectivity index (χ2n) is 2.48. The second-order valence-corrected chi connectivity index (χ2v) is 2.48. The van der Waals surface area contributed by atoms with Crippen molar-refractivity contribution in [2.45, 2.75) is 13.1 Å². The molecule has 0 spiro atoms. The van der Waals surface area contributed by atoms with Crippen LogP contribution in [0.2, 0.25) is 0 Å². The zero-order valence-electron chi connectivity index (χ0n) is 7.71. The maximum atomic E-state index is 12.1. The summed E-state index contributed by atoms with van der Waals surface area (Å²) in [4.78, 5) is 17.1. The van der Waals surface area contributed by atoms with E-state index in [9.17, 15) is 18.0 Å². The summed E-state index contributed by atoms with van der Waals surface area (Å²) in [5, 5.41) is 0. The fourth-order valence-electron chi connectivity index (χ4n) is 0.814. The van der Waals surface area contributed by atoms with Gasteiger partial charge in [-0.15, -0.1) is 0 Å². The van der Waals surface area contributed by atoms with Crippen LogP contribution in [0.3, 0.4) is 0 Å². The third-order valence-corrected chi connectivity index (χ3v) is 1.39. The van der Waals surface area contributed by atoms with E-state index in [-0.39, 0.29) is 6.61 Å². The van der Waals surface area contributed by atoms with Gasteiger partial charge in [0.15, 0.2) is 5.69 Å². The first-order chi connectivity index (χ1) is 6.95. The van der Waals surface area contributed by atoms with Gasteiger partial charge >= 0.3 is 12.1 Å². The van der Waals surface area contributed by atoms with Crippen molar-refractivity contribution < 1.29 is 22.7 Å². The van der Waals surface area contributed by atoms with E-state index in [0.29, 0.717) is 0 Å². The van der Waals surface area contributed by atoms with E-state index in [1.807, 2.05) is 0 Å². The number of carbonyl (C=O) groups is 1. The van der Waals surface area contributed by atoms with Gasteiger partial charge in [-0.05, 0) is 13.0 Å². The van der Waals surface area contributed by atoms with Crippen LogP contribution in [0, 0.1) is 0 Å². The largest absolute Gasteiger partial charge is 0.461 e. The minimum atomic E-state index is -4.66. The van der Waals surface area contributed by atoms with Crippen molar-refractivity contribution in [1.29, 1.82) is 0 Å². The van der Waals surface area contributed by atoms with E-state index >= 15 is 0 Å². The lowest BCUT2D eigenvalue weighted by atomic mass is 10.4. The number of hydrogen-bond donors (Lipinski definition) is 0. The summed E-state index contributed by atoms with van der Waals surface area (Å²) in [6, 6.07) is 1.06. The highest BCUT2D eigenvalue weighted by molar-refractivity contribution is 5.87. The first kappa shape index (κ1) is 11.4. The molecule has 0 aliphatic heterocycles. The zero-order chi connectivity index (χ0) is 11.5. The van der Waals surface area contributed by atoms with Crippen LogP contribution in [-0.2, 0) is 10.9 Å². The minimum Gasteiger partial charge on any atom is -0.461 e. The van der Waals surface area contributed by atoms with E-state index in [4.69, 9.17) is 0 Å². The first-order valence-electron chi connectivity index (χ1n) is 4.02. The Morgan fingerprint density at radius 1 is 1.53 bits per heavy atom. The standard InChI is InChI=1S/C8H7F3N2O2/c1-2-15-6(14)5-3-4-12-7(13-5)8(9,10)11/h3-4H,2H2,1H3. The fourth-order valence-corrected chi connectivity index (χ4v) is 0.814. The van der Waals surface area contributed by atoms with Crippen LogP contribution in [-0.4, -0.2) is 22.5 Å². The Morgan fingerprint density at radius 3 is 2.73 bits per heavy atom. The Balaban J connectivity index is 2.98. The molecule has 0 aliphatic carbocycles. The van der Waals surface area contributed by atoms with Crippen LogP contribution in [0.15, 0.2) is 12.3 Å². The Bertz CT molecular complexity index is 365. The average Bonchev–Trinajstić information content (AvgIpc) is 2.17. The van der Waals surface area contributed by atoms with Gasteiger partial charge < -0.3 is 4.74 Å². The molecule has 0 unspecified atom stereocenters. The molecular formula is C8H7F3N2O2. The topological polar surface area (TPSA) is 52.1 Å². The molecule has 7 heteroatoms. The van der Waals surface area contributed by atoms with Gasteiger partial charge in [-0.1, -0.05) is 0 Å². The Kier molecular flexibility index (Phi) is 3.23. The van der Waals surface area contributed by atoms with Crippen molar-refractivity contribution >= 4 is 5.97 Å². The molecule has 0 aromatic carbocycles. The summed E-state index contributed by atoms with van der Waals surface area (Å²) in [5.41, 5.74) is -0.404. The summed E-state index contributed by atoms with van der Waals surface area (Å²) in [7, 11) is 0. The summed E-state index contributed by atoms with van der Waals surface area (Å²) < 4.78 is 40.9. The molecule has 1 aromatic heterocycles. The Hall–Kier alpha value is -1.66. The monoisotopic (exact) mass is 220 g/mol. The highest BCUT2D eigenvalue weighted by Crippen LogP contribution is 2.25. The molecule has 0 bridgehead atoms. The van der Waals surface area contributed by atoms with Crippen molar-refractivity contribution in [3.63, 3.8) is 0 Å². The van der Waals surface area contributed by atoms with Crippen LogP contribution < -0.4 is 0 Å². The van der Waals surface area contributed by atoms with Crippen molar-refractivity contribution in [3.8, 4) is 0 Å². The number of hydrogen-bond acceptors (Lipinski definition) is 4. The average molecular weight is 220 g/mol. The normalized spacial score (nSPS) is 11.2. The lowest BCUT2D eigenvalue weighted by Crippen LogP contribution is -2.15. The van der Waals surface area contributed by atoms with Crippen molar-refractivity contribution in [2.24, 2.45) is 0 Å². The van der Waals surface area contributed by atoms with Gasteiger partial charge in [-0.2, -0.15) is 13.2 Å². The number of aromatic nitrogens is 2. The van der Waals surface area contributed by atoms with Crippen LogP contribution in [0.5, 0.6) is 0 Å². The molecule has 82 valence electrons. The number of nitrogens with zero attached hydrogens (tertiary/aromatic N) is 2. The number of rotatable bonds is 2. The first-order valence-corrected chi connectivity index (χ1v) is 4.02. The lowest BCUT2D eigenvalue weighted by Gasteiger charge is -2.05. The lowest BCUT2D eigenvalue weighted by molar-refractivity contribution is -0.145. The van der Waals surface area contributed by atoms with Crippen molar-refractivity contribution in [3.05, 3.63) is 23.8 Å². The third-order valence-electron chi connectivity index (χ3n) is 1.39. The maximum absolute atomic E-state index is 12.1. The molecular weight excluding hydrogens is 213 g/mol. The second kappa shape index (κ2) is 4.24. The van der Waals surface area contributed by atoms with E-state index in [2.05, 4.69) is 14.7 Å². The molecule has 0 atom stereocenters. The van der Waals surface area contributed by atoms with Gasteiger partial charge in [0.25, 0.3) is 0 Å². The summed E-state index contributed by atoms with van der Waals surface area (Å²) in [6.45, 7) is 1.62. The highest BCUT2D eigenvalue weighted by atomic mass is 19.4. The van der Waals surface area contributed by atoms with Crippen LogP contribution in [0.1, 0.15) is 23.2 Å². The highest BCUT2D eigenvalue weighted by Gasteiger charge is 2.35. The molecule has 0 radical (unpaired) electrons. The third kappa shape index (κ3) is 2.90. The van der Waals surface area contributed by atoms with E-state index in [0.717, 1.165) is 12.3 Å². The molecule has 0 saturated carbocycles. The van der Waals surface area contributed by atoms with Gasteiger partial charge in [-0.3, -0.25) is 0 Å². The molecule has 1 heterocycles. The zero-order valence-corrected chi connectivity index (χ0v) is 7.71. The van der Waals surface area contributed by atoms with E-state index < -0.39 is 23.7 Å². The molecule has 1 rings (SSSR count). The Labute approximate surface area is 83.1 Å². The summed E-state index contributed by atoms with van der Waals surface area (Å²) in [5.74, 6) is -2.25. The van der Waals surface area contributed by atoms with Gasteiger partial charge in [0.1, 0.15) is 0 Å². The number of esters is 1. The van der Waals surface area contributed by atoms with E-state index in [1.165, 1.54) is 0 Å². The number of alkyl halides is 3. The van der Waals surface area contributed by atoms with Gasteiger partial charge in [0, 0.05) is 6.20 Å². The predicted molar refractivity (Wildman–Crippen MR) is 43.0 cm³/mol. The predicted octanol–water partition coefficient (Wildman–Crippen LogP) is 1.67. The number of ether oxygens (including phenoxy) is 1. The SMILES string of the molecule is CCOC(=O)c1ccnc(C(F)(F)F)n1. The quantitative estimate of drug-likeness (QED) is 0.711. The molecule has 0 fully saturated rings. The molecule has 0 amide bonds. The molecule has 0 aliphatic rings. The fraction of sp³-hybridized carbons (Fsp3) is 0.375. The smallest absolute Gasteiger partial charge is 0.451 e. The van der Waals surface area contributed by atoms with Crippen LogP contribution in [0.25, 0.3) is 0 Å². The molecule has 4 nitrogen and oxygen atoms in total. The summed E-state index contributed by atoms with van der Waals surface area (Å²) in [6.07, 6.45) is -3.80. The van der Waals surface area contributed by atoms with Crippen LogP contribution >= 0.6 is 0 Å². The molecule has 0 N–H and O–H groups in total. The maximum Gasteiger partial charge on any atom is 0.451 e. The minimum absolute atomic E-state index is 0.0736. The molecule has 0 saturated heterocycles. The molecule has 15 heavy (non-hydrogen) atoms. The van der Waals surface area contributed by atoms with E-state index in [1.54, 1.807) is 6.92 Å². The van der Waals surface area contributed by atoms with Crippen molar-refractivity contribution in [2.75, 3.05) is 6.61 Å². The van der Waals surface area contributed by atoms with Gasteiger partial charge in [-0.25, -0.2) is 14.8 Å². The molecule has 1 aromatic rings. The number of halogens is 3. The van der Waals surface area contributed by atoms with Gasteiger partial charge in [0.2, 0.25) is 5.82 Å². The summed E-state index contributed by atoms with van der Waals surface area (Å²) >= 11 is 0. The number of carbonyl (C=O) groups excluding carboxylic acids is 1. The van der Waals surface area contributed by atoms with Gasteiger partial charge in [0.05, 0.1) is 6.61 Å². The van der Waals surface area contributed by atoms with Crippen molar-refractivity contribution in [1.82, 2.24) is 9.97 Å². The Morgan fingerprint density at radius 2 is 2.20 bits per heavy atom.